The smallest absolute Gasteiger partial charge is 0.228 e. The van der Waals surface area contributed by atoms with Crippen LogP contribution in [-0.4, -0.2) is 31.0 Å². The highest BCUT2D eigenvalue weighted by molar-refractivity contribution is 5.92. The second kappa shape index (κ2) is 8.67. The molecule has 1 saturated heterocycles. The lowest BCUT2D eigenvalue weighted by Gasteiger charge is -2.26. The van der Waals surface area contributed by atoms with E-state index in [1.165, 1.54) is 37.9 Å². The molecule has 25 heavy (non-hydrogen) atoms. The van der Waals surface area contributed by atoms with Gasteiger partial charge in [0.05, 0.1) is 13.5 Å². The Morgan fingerprint density at radius 2 is 1.88 bits per heavy atom. The molecule has 0 aliphatic carbocycles. The molecular formula is C21H26N2O2. The van der Waals surface area contributed by atoms with Crippen molar-refractivity contribution in [2.24, 2.45) is 0 Å². The maximum Gasteiger partial charge on any atom is 0.228 e. The first kappa shape index (κ1) is 17.5. The van der Waals surface area contributed by atoms with Crippen LogP contribution in [0.2, 0.25) is 0 Å². The summed E-state index contributed by atoms with van der Waals surface area (Å²) >= 11 is 0. The van der Waals surface area contributed by atoms with Crippen molar-refractivity contribution >= 4 is 11.6 Å². The number of carbonyl (C=O) groups is 1. The van der Waals surface area contributed by atoms with Crippen molar-refractivity contribution < 1.29 is 9.53 Å². The van der Waals surface area contributed by atoms with Crippen molar-refractivity contribution in [2.45, 2.75) is 32.2 Å². The Morgan fingerprint density at radius 1 is 1.08 bits per heavy atom. The molecule has 3 rings (SSSR count). The molecule has 1 aliphatic rings. The van der Waals surface area contributed by atoms with Crippen molar-refractivity contribution in [2.75, 3.05) is 25.5 Å². The molecule has 0 spiro atoms. The van der Waals surface area contributed by atoms with E-state index >= 15 is 0 Å². The molecule has 1 N–H and O–H groups in total. The molecule has 0 atom stereocenters. The number of benzene rings is 2. The highest BCUT2D eigenvalue weighted by atomic mass is 16.5. The van der Waals surface area contributed by atoms with Crippen molar-refractivity contribution in [3.05, 3.63) is 59.7 Å². The van der Waals surface area contributed by atoms with Crippen LogP contribution in [0.3, 0.4) is 0 Å². The third-order valence-corrected chi connectivity index (χ3v) is 4.61. The summed E-state index contributed by atoms with van der Waals surface area (Å²) in [5.74, 6) is 0.719. The monoisotopic (exact) mass is 338 g/mol. The second-order valence-corrected chi connectivity index (χ2v) is 6.57. The second-order valence-electron chi connectivity index (χ2n) is 6.57. The number of methoxy groups -OCH3 is 1. The van der Waals surface area contributed by atoms with Crippen LogP contribution in [0.1, 0.15) is 30.4 Å². The van der Waals surface area contributed by atoms with E-state index in [1.807, 2.05) is 36.4 Å². The van der Waals surface area contributed by atoms with Gasteiger partial charge in [-0.1, -0.05) is 36.8 Å². The standard InChI is InChI=1S/C21H26N2O2/c1-25-20-11-4-3-9-18(20)15-21(24)22-19-10-7-8-17(14-19)16-23-12-5-2-6-13-23/h3-4,7-11,14H,2,5-6,12-13,15-16H2,1H3,(H,22,24). The highest BCUT2D eigenvalue weighted by Gasteiger charge is 2.12. The Hall–Kier alpha value is -2.33. The van der Waals surface area contributed by atoms with Gasteiger partial charge in [-0.25, -0.2) is 0 Å². The SMILES string of the molecule is COc1ccccc1CC(=O)Nc1cccc(CN2CCCCC2)c1. The van der Waals surface area contributed by atoms with E-state index in [1.54, 1.807) is 7.11 Å². The number of hydrogen-bond acceptors (Lipinski definition) is 3. The number of carbonyl (C=O) groups excluding carboxylic acids is 1. The maximum atomic E-state index is 12.4. The van der Waals surface area contributed by atoms with Crippen LogP contribution in [0.25, 0.3) is 0 Å². The van der Waals surface area contributed by atoms with Gasteiger partial charge in [-0.3, -0.25) is 9.69 Å². The fourth-order valence-corrected chi connectivity index (χ4v) is 3.35. The van der Waals surface area contributed by atoms with E-state index in [-0.39, 0.29) is 5.91 Å². The number of piperidine rings is 1. The molecular weight excluding hydrogens is 312 g/mol. The first-order chi connectivity index (χ1) is 12.2. The molecule has 1 amide bonds. The number of anilines is 1. The van der Waals surface area contributed by atoms with Crippen LogP contribution in [0.5, 0.6) is 5.75 Å². The van der Waals surface area contributed by atoms with Crippen LogP contribution in [0.15, 0.2) is 48.5 Å². The van der Waals surface area contributed by atoms with Crippen molar-refractivity contribution in [1.29, 1.82) is 0 Å². The predicted octanol–water partition coefficient (Wildman–Crippen LogP) is 3.86. The highest BCUT2D eigenvalue weighted by Crippen LogP contribution is 2.19. The number of nitrogens with zero attached hydrogens (tertiary/aromatic N) is 1. The van der Waals surface area contributed by atoms with E-state index in [0.717, 1.165) is 23.5 Å². The molecule has 2 aromatic rings. The Kier molecular flexibility index (Phi) is 6.07. The quantitative estimate of drug-likeness (QED) is 0.869. The van der Waals surface area contributed by atoms with Gasteiger partial charge < -0.3 is 10.1 Å². The largest absolute Gasteiger partial charge is 0.496 e. The Morgan fingerprint density at radius 3 is 2.68 bits per heavy atom. The van der Waals surface area contributed by atoms with Crippen LogP contribution < -0.4 is 10.1 Å². The maximum absolute atomic E-state index is 12.4. The summed E-state index contributed by atoms with van der Waals surface area (Å²) in [5.41, 5.74) is 3.00. The van der Waals surface area contributed by atoms with Gasteiger partial charge >= 0.3 is 0 Å². The van der Waals surface area contributed by atoms with Crippen molar-refractivity contribution in [1.82, 2.24) is 4.90 Å². The normalized spacial score (nSPS) is 14.9. The number of amides is 1. The van der Waals surface area contributed by atoms with E-state index in [2.05, 4.69) is 22.3 Å². The van der Waals surface area contributed by atoms with Crippen LogP contribution in [-0.2, 0) is 17.8 Å². The zero-order valence-corrected chi connectivity index (χ0v) is 14.8. The average molecular weight is 338 g/mol. The molecule has 4 nitrogen and oxygen atoms in total. The molecule has 132 valence electrons. The molecule has 2 aromatic carbocycles. The minimum absolute atomic E-state index is 0.0281. The summed E-state index contributed by atoms with van der Waals surface area (Å²) in [6.45, 7) is 3.30. The lowest BCUT2D eigenvalue weighted by Crippen LogP contribution is -2.29. The van der Waals surface area contributed by atoms with E-state index in [0.29, 0.717) is 6.42 Å². The van der Waals surface area contributed by atoms with Gasteiger partial charge in [0.2, 0.25) is 5.91 Å². The summed E-state index contributed by atoms with van der Waals surface area (Å²) in [4.78, 5) is 14.9. The van der Waals surface area contributed by atoms with E-state index in [9.17, 15) is 4.79 Å². The minimum atomic E-state index is -0.0281. The molecule has 0 radical (unpaired) electrons. The van der Waals surface area contributed by atoms with Gasteiger partial charge in [-0.2, -0.15) is 0 Å². The predicted molar refractivity (Wildman–Crippen MR) is 101 cm³/mol. The fraction of sp³-hybridized carbons (Fsp3) is 0.381. The Labute approximate surface area is 149 Å². The lowest BCUT2D eigenvalue weighted by atomic mass is 10.1. The molecule has 1 fully saturated rings. The average Bonchev–Trinajstić information content (AvgIpc) is 2.63. The third-order valence-electron chi connectivity index (χ3n) is 4.61. The van der Waals surface area contributed by atoms with Crippen LogP contribution in [0.4, 0.5) is 5.69 Å². The number of rotatable bonds is 6. The van der Waals surface area contributed by atoms with Crippen molar-refractivity contribution in [3.63, 3.8) is 0 Å². The van der Waals surface area contributed by atoms with Gasteiger partial charge in [-0.15, -0.1) is 0 Å². The Balaban J connectivity index is 1.60. The summed E-state index contributed by atoms with van der Waals surface area (Å²) in [5, 5.41) is 3.01. The number of nitrogens with one attached hydrogen (secondary N) is 1. The summed E-state index contributed by atoms with van der Waals surface area (Å²) in [7, 11) is 1.63. The number of hydrogen-bond donors (Lipinski definition) is 1. The molecule has 1 heterocycles. The number of ether oxygens (including phenoxy) is 1. The van der Waals surface area contributed by atoms with Crippen molar-refractivity contribution in [3.8, 4) is 5.75 Å². The molecule has 4 heteroatoms. The molecule has 1 aliphatic heterocycles. The lowest BCUT2D eigenvalue weighted by molar-refractivity contribution is -0.115. The minimum Gasteiger partial charge on any atom is -0.496 e. The molecule has 0 bridgehead atoms. The van der Waals surface area contributed by atoms with Gasteiger partial charge in [-0.05, 0) is 49.7 Å². The first-order valence-corrected chi connectivity index (χ1v) is 8.97. The van der Waals surface area contributed by atoms with Gasteiger partial charge in [0.1, 0.15) is 5.75 Å². The van der Waals surface area contributed by atoms with Gasteiger partial charge in [0.15, 0.2) is 0 Å². The Bertz CT molecular complexity index is 709. The van der Waals surface area contributed by atoms with Gasteiger partial charge in [0, 0.05) is 17.8 Å². The van der Waals surface area contributed by atoms with Crippen LogP contribution >= 0.6 is 0 Å². The first-order valence-electron chi connectivity index (χ1n) is 8.97. The van der Waals surface area contributed by atoms with Crippen LogP contribution in [0, 0.1) is 0 Å². The number of para-hydroxylation sites is 1. The number of likely N-dealkylation sites (tertiary alicyclic amines) is 1. The zero-order valence-electron chi connectivity index (χ0n) is 14.8. The zero-order chi connectivity index (χ0) is 17.5. The van der Waals surface area contributed by atoms with E-state index < -0.39 is 0 Å². The third kappa shape index (κ3) is 5.07. The summed E-state index contributed by atoms with van der Waals surface area (Å²) < 4.78 is 5.31. The molecule has 0 saturated carbocycles. The fourth-order valence-electron chi connectivity index (χ4n) is 3.35. The topological polar surface area (TPSA) is 41.6 Å². The summed E-state index contributed by atoms with van der Waals surface area (Å²) in [6.07, 6.45) is 4.22. The summed E-state index contributed by atoms with van der Waals surface area (Å²) in [6, 6.07) is 15.8. The molecule has 0 aromatic heterocycles. The van der Waals surface area contributed by atoms with Gasteiger partial charge in [0.25, 0.3) is 0 Å². The molecule has 0 unspecified atom stereocenters. The van der Waals surface area contributed by atoms with E-state index in [4.69, 9.17) is 4.74 Å².